The number of aromatic carboxylic acids is 1. The fraction of sp³-hybridized carbons (Fsp3) is 0.154. The second kappa shape index (κ2) is 5.26. The van der Waals surface area contributed by atoms with Crippen molar-refractivity contribution in [1.82, 2.24) is 0 Å². The molecule has 0 aliphatic rings. The van der Waals surface area contributed by atoms with Gasteiger partial charge in [0.15, 0.2) is 0 Å². The molecule has 0 aliphatic heterocycles. The van der Waals surface area contributed by atoms with Crippen LogP contribution < -0.4 is 4.72 Å². The summed E-state index contributed by atoms with van der Waals surface area (Å²) in [5.74, 6) is -1.10. The molecule has 0 bridgehead atoms. The monoisotopic (exact) mass is 311 g/mol. The standard InChI is InChI=1S/C13H13NO4S2/c1-8-3-5-10(13(15)16)7-11(8)14-20(17,18)12-6-4-9(2)19-12/h3-7,14H,1-2H3,(H,15,16). The Kier molecular flexibility index (Phi) is 3.82. The zero-order valence-electron chi connectivity index (χ0n) is 10.9. The van der Waals surface area contributed by atoms with Gasteiger partial charge in [0, 0.05) is 4.88 Å². The van der Waals surface area contributed by atoms with Crippen LogP contribution in [0, 0.1) is 13.8 Å². The zero-order chi connectivity index (χ0) is 14.9. The number of carboxylic acids is 1. The summed E-state index contributed by atoms with van der Waals surface area (Å²) in [6.45, 7) is 3.53. The van der Waals surface area contributed by atoms with Crippen molar-refractivity contribution in [2.24, 2.45) is 0 Å². The number of anilines is 1. The highest BCUT2D eigenvalue weighted by atomic mass is 32.2. The van der Waals surface area contributed by atoms with Crippen LogP contribution in [0.1, 0.15) is 20.8 Å². The Morgan fingerprint density at radius 1 is 1.20 bits per heavy atom. The summed E-state index contributed by atoms with van der Waals surface area (Å²) in [6, 6.07) is 7.57. The SMILES string of the molecule is Cc1ccc(S(=O)(=O)Nc2cc(C(=O)O)ccc2C)s1. The maximum atomic E-state index is 12.2. The number of rotatable bonds is 4. The van der Waals surface area contributed by atoms with Crippen LogP contribution in [0.25, 0.3) is 0 Å². The van der Waals surface area contributed by atoms with Crippen LogP contribution in [0.2, 0.25) is 0 Å². The Morgan fingerprint density at radius 2 is 1.90 bits per heavy atom. The molecule has 5 nitrogen and oxygen atoms in total. The maximum Gasteiger partial charge on any atom is 0.335 e. The van der Waals surface area contributed by atoms with Crippen LogP contribution in [-0.4, -0.2) is 19.5 Å². The van der Waals surface area contributed by atoms with Crippen LogP contribution in [0.4, 0.5) is 5.69 Å². The van der Waals surface area contributed by atoms with E-state index in [2.05, 4.69) is 4.72 Å². The first kappa shape index (κ1) is 14.5. The minimum Gasteiger partial charge on any atom is -0.478 e. The quantitative estimate of drug-likeness (QED) is 0.909. The number of aryl methyl sites for hydroxylation is 2. The molecule has 0 aliphatic carbocycles. The van der Waals surface area contributed by atoms with Crippen molar-refractivity contribution in [2.45, 2.75) is 18.1 Å². The highest BCUT2D eigenvalue weighted by Crippen LogP contribution is 2.25. The van der Waals surface area contributed by atoms with Gasteiger partial charge in [-0.25, -0.2) is 13.2 Å². The first-order valence-electron chi connectivity index (χ1n) is 5.73. The largest absolute Gasteiger partial charge is 0.478 e. The second-order valence-electron chi connectivity index (χ2n) is 4.31. The van der Waals surface area contributed by atoms with Gasteiger partial charge in [-0.15, -0.1) is 11.3 Å². The van der Waals surface area contributed by atoms with Crippen molar-refractivity contribution in [3.05, 3.63) is 46.3 Å². The van der Waals surface area contributed by atoms with Gasteiger partial charge in [0.1, 0.15) is 4.21 Å². The summed E-state index contributed by atoms with van der Waals surface area (Å²) >= 11 is 1.16. The molecule has 0 atom stereocenters. The Hall–Kier alpha value is -1.86. The van der Waals surface area contributed by atoms with E-state index < -0.39 is 16.0 Å². The van der Waals surface area contributed by atoms with E-state index in [1.54, 1.807) is 19.1 Å². The molecule has 1 aromatic carbocycles. The predicted molar refractivity (Wildman–Crippen MR) is 78.0 cm³/mol. The Balaban J connectivity index is 2.39. The first-order valence-corrected chi connectivity index (χ1v) is 8.03. The maximum absolute atomic E-state index is 12.2. The first-order chi connectivity index (χ1) is 9.29. The lowest BCUT2D eigenvalue weighted by molar-refractivity contribution is 0.0697. The van der Waals surface area contributed by atoms with Crippen molar-refractivity contribution >= 4 is 33.0 Å². The van der Waals surface area contributed by atoms with Gasteiger partial charge in [-0.3, -0.25) is 4.72 Å². The molecule has 20 heavy (non-hydrogen) atoms. The minimum absolute atomic E-state index is 0.0376. The molecule has 1 aromatic heterocycles. The molecule has 2 aromatic rings. The van der Waals surface area contributed by atoms with E-state index in [4.69, 9.17) is 5.11 Å². The Morgan fingerprint density at radius 3 is 2.45 bits per heavy atom. The Labute approximate surface area is 120 Å². The number of thiophene rings is 1. The smallest absolute Gasteiger partial charge is 0.335 e. The van der Waals surface area contributed by atoms with Crippen molar-refractivity contribution in [2.75, 3.05) is 4.72 Å². The van der Waals surface area contributed by atoms with Crippen LogP contribution in [-0.2, 0) is 10.0 Å². The van der Waals surface area contributed by atoms with Gasteiger partial charge in [0.25, 0.3) is 10.0 Å². The Bertz CT molecular complexity index is 762. The van der Waals surface area contributed by atoms with Crippen molar-refractivity contribution in [3.8, 4) is 0 Å². The summed E-state index contributed by atoms with van der Waals surface area (Å²) in [5, 5.41) is 8.94. The summed E-state index contributed by atoms with van der Waals surface area (Å²) in [5.41, 5.74) is 0.971. The van der Waals surface area contributed by atoms with E-state index in [0.717, 1.165) is 16.2 Å². The fourth-order valence-electron chi connectivity index (χ4n) is 1.62. The van der Waals surface area contributed by atoms with Crippen molar-refractivity contribution < 1.29 is 18.3 Å². The lowest BCUT2D eigenvalue weighted by Crippen LogP contribution is -2.13. The molecular formula is C13H13NO4S2. The van der Waals surface area contributed by atoms with Gasteiger partial charge in [-0.05, 0) is 43.7 Å². The summed E-state index contributed by atoms with van der Waals surface area (Å²) in [7, 11) is -3.68. The number of hydrogen-bond donors (Lipinski definition) is 2. The van der Waals surface area contributed by atoms with E-state index in [-0.39, 0.29) is 15.5 Å². The molecule has 0 radical (unpaired) electrons. The summed E-state index contributed by atoms with van der Waals surface area (Å²) < 4.78 is 27.0. The van der Waals surface area contributed by atoms with Crippen LogP contribution in [0.3, 0.4) is 0 Å². The number of benzene rings is 1. The molecule has 0 saturated carbocycles. The van der Waals surface area contributed by atoms with Gasteiger partial charge in [-0.2, -0.15) is 0 Å². The number of hydrogen-bond acceptors (Lipinski definition) is 4. The number of carboxylic acid groups (broad SMARTS) is 1. The molecule has 0 amide bonds. The van der Waals surface area contributed by atoms with E-state index in [1.165, 1.54) is 18.2 Å². The summed E-state index contributed by atoms with van der Waals surface area (Å²) in [6.07, 6.45) is 0. The molecule has 1 heterocycles. The van der Waals surface area contributed by atoms with Gasteiger partial charge in [-0.1, -0.05) is 6.07 Å². The van der Waals surface area contributed by atoms with Crippen molar-refractivity contribution in [3.63, 3.8) is 0 Å². The van der Waals surface area contributed by atoms with Crippen molar-refractivity contribution in [1.29, 1.82) is 0 Å². The number of carbonyl (C=O) groups is 1. The molecular weight excluding hydrogens is 298 g/mol. The average Bonchev–Trinajstić information content (AvgIpc) is 2.79. The molecule has 0 saturated heterocycles. The molecule has 2 rings (SSSR count). The highest BCUT2D eigenvalue weighted by Gasteiger charge is 2.18. The average molecular weight is 311 g/mol. The third-order valence-corrected chi connectivity index (χ3v) is 5.57. The molecule has 0 spiro atoms. The van der Waals surface area contributed by atoms with Gasteiger partial charge < -0.3 is 5.11 Å². The van der Waals surface area contributed by atoms with Gasteiger partial charge in [0.2, 0.25) is 0 Å². The lowest BCUT2D eigenvalue weighted by Gasteiger charge is -2.10. The van der Waals surface area contributed by atoms with E-state index >= 15 is 0 Å². The van der Waals surface area contributed by atoms with E-state index in [0.29, 0.717) is 5.56 Å². The summed E-state index contributed by atoms with van der Waals surface area (Å²) in [4.78, 5) is 11.8. The fourth-order valence-corrected chi connectivity index (χ4v) is 4.02. The van der Waals surface area contributed by atoms with E-state index in [1.807, 2.05) is 6.92 Å². The minimum atomic E-state index is -3.68. The molecule has 0 fully saturated rings. The number of sulfonamides is 1. The van der Waals surface area contributed by atoms with E-state index in [9.17, 15) is 13.2 Å². The highest BCUT2D eigenvalue weighted by molar-refractivity contribution is 7.94. The van der Waals surface area contributed by atoms with Gasteiger partial charge >= 0.3 is 5.97 Å². The van der Waals surface area contributed by atoms with Crippen LogP contribution in [0.15, 0.2) is 34.5 Å². The zero-order valence-corrected chi connectivity index (χ0v) is 12.5. The molecule has 106 valence electrons. The van der Waals surface area contributed by atoms with Crippen LogP contribution >= 0.6 is 11.3 Å². The topological polar surface area (TPSA) is 83.5 Å². The lowest BCUT2D eigenvalue weighted by atomic mass is 10.1. The molecule has 7 heteroatoms. The van der Waals surface area contributed by atoms with Gasteiger partial charge in [0.05, 0.1) is 11.3 Å². The molecule has 2 N–H and O–H groups in total. The predicted octanol–water partition coefficient (Wildman–Crippen LogP) is 2.86. The third kappa shape index (κ3) is 3.00. The van der Waals surface area contributed by atoms with Crippen LogP contribution in [0.5, 0.6) is 0 Å². The third-order valence-electron chi connectivity index (χ3n) is 2.71. The molecule has 0 unspecified atom stereocenters. The number of nitrogens with one attached hydrogen (secondary N) is 1. The second-order valence-corrected chi connectivity index (χ2v) is 7.50. The normalized spacial score (nSPS) is 11.3.